The zero-order chi connectivity index (χ0) is 20.7. The van der Waals surface area contributed by atoms with Crippen molar-refractivity contribution >= 4 is 43.2 Å². The molecule has 14 heteroatoms. The number of hydrogen-bond donors (Lipinski definition) is 5. The molecular formula is C14H18BrF2N7O3S. The molecule has 0 aliphatic rings. The Morgan fingerprint density at radius 2 is 2.21 bits per heavy atom. The topological polar surface area (TPSA) is 149 Å². The maximum Gasteiger partial charge on any atom is 0.202 e. The molecule has 0 saturated heterocycles. The number of hydroxylamine groups is 1. The highest BCUT2D eigenvalue weighted by molar-refractivity contribution is 9.10. The fourth-order valence-electron chi connectivity index (χ4n) is 1.91. The molecule has 2 aromatic rings. The van der Waals surface area contributed by atoms with E-state index < -0.39 is 21.2 Å². The van der Waals surface area contributed by atoms with Gasteiger partial charge in [0.1, 0.15) is 15.7 Å². The van der Waals surface area contributed by atoms with Crippen LogP contribution in [-0.4, -0.2) is 44.2 Å². The predicted molar refractivity (Wildman–Crippen MR) is 102 cm³/mol. The lowest BCUT2D eigenvalue weighted by atomic mass is 10.3. The average Bonchev–Trinajstić information content (AvgIpc) is 3.10. The summed E-state index contributed by atoms with van der Waals surface area (Å²) >= 11 is 3.04. The van der Waals surface area contributed by atoms with E-state index in [2.05, 4.69) is 45.9 Å². The first-order chi connectivity index (χ1) is 13.2. The van der Waals surface area contributed by atoms with Crippen molar-refractivity contribution in [3.8, 4) is 0 Å². The zero-order valence-electron chi connectivity index (χ0n) is 14.6. The van der Waals surface area contributed by atoms with Crippen LogP contribution in [0, 0.1) is 10.6 Å². The maximum absolute atomic E-state index is 13.3. The van der Waals surface area contributed by atoms with Crippen LogP contribution >= 0.6 is 15.9 Å². The van der Waals surface area contributed by atoms with Crippen LogP contribution in [0.4, 0.5) is 20.3 Å². The molecule has 0 aliphatic carbocycles. The van der Waals surface area contributed by atoms with Gasteiger partial charge in [-0.1, -0.05) is 0 Å². The number of nitrogens with zero attached hydrogens (tertiary/aromatic N) is 3. The Morgan fingerprint density at radius 1 is 1.46 bits per heavy atom. The van der Waals surface area contributed by atoms with E-state index in [1.165, 1.54) is 18.2 Å². The molecule has 10 nitrogen and oxygen atoms in total. The quantitative estimate of drug-likeness (QED) is 0.160. The lowest BCUT2D eigenvalue weighted by Crippen LogP contribution is -2.30. The second-order valence-corrected chi connectivity index (χ2v) is 8.44. The Kier molecular flexibility index (Phi) is 7.79. The summed E-state index contributed by atoms with van der Waals surface area (Å²) < 4.78 is 52.3. The molecule has 1 aromatic heterocycles. The van der Waals surface area contributed by atoms with E-state index in [4.69, 9.17) is 4.78 Å². The Hall–Kier alpha value is -2.16. The first-order valence-electron chi connectivity index (χ1n) is 7.91. The van der Waals surface area contributed by atoms with E-state index in [-0.39, 0.29) is 28.4 Å². The maximum atomic E-state index is 13.3. The van der Waals surface area contributed by atoms with Crippen LogP contribution in [0.15, 0.2) is 32.3 Å². The highest BCUT2D eigenvalue weighted by atomic mass is 79.9. The number of aliphatic imine (C=N–C) groups is 1. The first kappa shape index (κ1) is 22.1. The largest absolute Gasteiger partial charge is 0.365 e. The number of rotatable bonds is 9. The second kappa shape index (κ2) is 9.86. The fourth-order valence-corrected chi connectivity index (χ4v) is 2.95. The van der Waals surface area contributed by atoms with Crippen molar-refractivity contribution in [1.82, 2.24) is 20.5 Å². The molecule has 0 fully saturated rings. The standard InChI is InChI=1S/C14H18BrF2N7O3S/c1-8(16)28(18,26)20-6-2-5-19-13-12(23-27-24-13)14(22-25)21-9-3-4-11(17)10(15)7-9/h3-4,7-8,25H,2,5-6H2,1H3,(H,19,24)(H,21,22)(H2,18,20,26). The van der Waals surface area contributed by atoms with Gasteiger partial charge >= 0.3 is 0 Å². The van der Waals surface area contributed by atoms with Crippen LogP contribution in [0.3, 0.4) is 0 Å². The molecule has 0 spiro atoms. The van der Waals surface area contributed by atoms with Crippen molar-refractivity contribution in [3.63, 3.8) is 0 Å². The molecule has 0 aliphatic heterocycles. The number of benzene rings is 1. The Morgan fingerprint density at radius 3 is 2.86 bits per heavy atom. The number of alkyl halides is 1. The van der Waals surface area contributed by atoms with E-state index in [0.717, 1.165) is 6.92 Å². The Labute approximate surface area is 168 Å². The van der Waals surface area contributed by atoms with Gasteiger partial charge in [-0.15, -0.1) is 0 Å². The molecule has 0 amide bonds. The van der Waals surface area contributed by atoms with Crippen LogP contribution in [-0.2, 0) is 9.92 Å². The van der Waals surface area contributed by atoms with Crippen molar-refractivity contribution in [2.45, 2.75) is 18.8 Å². The second-order valence-electron chi connectivity index (χ2n) is 5.45. The van der Waals surface area contributed by atoms with Crippen molar-refractivity contribution in [2.24, 2.45) is 4.99 Å². The smallest absolute Gasteiger partial charge is 0.202 e. The number of anilines is 1. The highest BCUT2D eigenvalue weighted by Gasteiger charge is 2.17. The summed E-state index contributed by atoms with van der Waals surface area (Å²) in [7, 11) is -3.48. The summed E-state index contributed by atoms with van der Waals surface area (Å²) in [6.45, 7) is 1.48. The van der Waals surface area contributed by atoms with Crippen molar-refractivity contribution in [3.05, 3.63) is 34.2 Å². The number of aromatic nitrogens is 2. The molecule has 0 bridgehead atoms. The van der Waals surface area contributed by atoms with Gasteiger partial charge in [-0.3, -0.25) is 10.7 Å². The molecule has 2 unspecified atom stereocenters. The van der Waals surface area contributed by atoms with Gasteiger partial charge in [0.2, 0.25) is 5.82 Å². The average molecular weight is 482 g/mol. The summed E-state index contributed by atoms with van der Waals surface area (Å²) in [6, 6.07) is 4.00. The molecule has 5 N–H and O–H groups in total. The van der Waals surface area contributed by atoms with Gasteiger partial charge in [0.25, 0.3) is 0 Å². The van der Waals surface area contributed by atoms with Gasteiger partial charge in [-0.25, -0.2) is 32.1 Å². The number of halogens is 3. The van der Waals surface area contributed by atoms with Crippen LogP contribution < -0.4 is 15.5 Å². The molecule has 0 saturated carbocycles. The van der Waals surface area contributed by atoms with Gasteiger partial charge in [-0.2, -0.15) is 0 Å². The third-order valence-electron chi connectivity index (χ3n) is 3.38. The van der Waals surface area contributed by atoms with Gasteiger partial charge in [0.15, 0.2) is 17.0 Å². The molecular weight excluding hydrogens is 464 g/mol. The third kappa shape index (κ3) is 5.92. The lowest BCUT2D eigenvalue weighted by Gasteiger charge is -2.10. The van der Waals surface area contributed by atoms with Gasteiger partial charge < -0.3 is 5.32 Å². The van der Waals surface area contributed by atoms with Crippen molar-refractivity contribution < 1.29 is 22.8 Å². The van der Waals surface area contributed by atoms with Crippen LogP contribution in [0.1, 0.15) is 19.0 Å². The summed E-state index contributed by atoms with van der Waals surface area (Å²) in [5, 5.41) is 19.5. The van der Waals surface area contributed by atoms with Gasteiger partial charge in [-0.05, 0) is 57.8 Å². The fraction of sp³-hybridized carbons (Fsp3) is 0.357. The van der Waals surface area contributed by atoms with E-state index >= 15 is 0 Å². The minimum atomic E-state index is -3.48. The summed E-state index contributed by atoms with van der Waals surface area (Å²) in [6.07, 6.45) is 0.388. The Balaban J connectivity index is 2.01. The van der Waals surface area contributed by atoms with Crippen molar-refractivity contribution in [2.75, 3.05) is 18.4 Å². The lowest BCUT2D eigenvalue weighted by molar-refractivity contribution is 0.234. The zero-order valence-corrected chi connectivity index (χ0v) is 17.0. The van der Waals surface area contributed by atoms with Gasteiger partial charge in [0.05, 0.1) is 10.2 Å². The molecule has 2 rings (SSSR count). The minimum absolute atomic E-state index is 0.0672. The predicted octanol–water partition coefficient (Wildman–Crippen LogP) is 2.70. The monoisotopic (exact) mass is 481 g/mol. The first-order valence-corrected chi connectivity index (χ1v) is 10.3. The van der Waals surface area contributed by atoms with Crippen LogP contribution in [0.25, 0.3) is 0 Å². The van der Waals surface area contributed by atoms with E-state index in [1.54, 1.807) is 0 Å². The molecule has 28 heavy (non-hydrogen) atoms. The van der Waals surface area contributed by atoms with Crippen molar-refractivity contribution in [1.29, 1.82) is 4.78 Å². The molecule has 154 valence electrons. The summed E-state index contributed by atoms with van der Waals surface area (Å²) in [5.41, 5.74) is 0.493. The minimum Gasteiger partial charge on any atom is -0.365 e. The molecule has 0 radical (unpaired) electrons. The van der Waals surface area contributed by atoms with Crippen LogP contribution in [0.2, 0.25) is 0 Å². The van der Waals surface area contributed by atoms with E-state index in [9.17, 15) is 18.2 Å². The third-order valence-corrected chi connectivity index (χ3v) is 5.54. The summed E-state index contributed by atoms with van der Waals surface area (Å²) in [4.78, 5) is 4.12. The Bertz CT molecular complexity index is 937. The SMILES string of the molecule is CC(F)S(=N)(=O)NCCCNc1nonc1C(=Nc1ccc(F)c(Br)c1)NO. The normalized spacial score (nSPS) is 15.1. The van der Waals surface area contributed by atoms with Crippen LogP contribution in [0.5, 0.6) is 0 Å². The van der Waals surface area contributed by atoms with E-state index in [0.29, 0.717) is 18.7 Å². The van der Waals surface area contributed by atoms with E-state index in [1.807, 2.05) is 5.48 Å². The highest BCUT2D eigenvalue weighted by Crippen LogP contribution is 2.23. The number of nitrogens with one attached hydrogen (secondary N) is 4. The summed E-state index contributed by atoms with van der Waals surface area (Å²) in [5.74, 6) is -0.400. The molecule has 2 atom stereocenters. The number of hydrogen-bond acceptors (Lipinski definition) is 8. The molecule has 1 aromatic carbocycles. The van der Waals surface area contributed by atoms with Gasteiger partial charge in [0, 0.05) is 13.1 Å². The molecule has 1 heterocycles. The number of amidine groups is 1.